The molecule has 0 fully saturated rings. The fourth-order valence-electron chi connectivity index (χ4n) is 2.22. The lowest BCUT2D eigenvalue weighted by Crippen LogP contribution is -1.99. The van der Waals surface area contributed by atoms with Crippen LogP contribution in [0.1, 0.15) is 16.8 Å². The Morgan fingerprint density at radius 3 is 2.55 bits per heavy atom. The van der Waals surface area contributed by atoms with Gasteiger partial charge in [-0.1, -0.05) is 48.5 Å². The van der Waals surface area contributed by atoms with Gasteiger partial charge in [0.15, 0.2) is 0 Å². The van der Waals surface area contributed by atoms with E-state index in [1.54, 1.807) is 0 Å². The molecule has 0 amide bonds. The fraction of sp³-hybridized carbons (Fsp3) is 0.111. The third-order valence-corrected chi connectivity index (χ3v) is 3.40. The standard InChI is InChI=1S/C18H15N3O/c1-13-7-5-6-10-15(13)17-21-16(11-19)18(22-17)20-12-14-8-3-2-4-9-14/h2-10,20H,12H2,1H3. The van der Waals surface area contributed by atoms with Crippen molar-refractivity contribution in [1.29, 1.82) is 5.26 Å². The number of hydrogen-bond acceptors (Lipinski definition) is 4. The van der Waals surface area contributed by atoms with Crippen molar-refractivity contribution < 1.29 is 4.42 Å². The van der Waals surface area contributed by atoms with Crippen molar-refractivity contribution in [2.75, 3.05) is 5.32 Å². The van der Waals surface area contributed by atoms with Gasteiger partial charge in [-0.2, -0.15) is 10.2 Å². The molecule has 4 heteroatoms. The normalized spacial score (nSPS) is 10.2. The number of benzene rings is 2. The zero-order valence-electron chi connectivity index (χ0n) is 12.2. The molecule has 3 rings (SSSR count). The second-order valence-electron chi connectivity index (χ2n) is 4.96. The molecule has 0 unspecified atom stereocenters. The number of nitrogens with zero attached hydrogens (tertiary/aromatic N) is 2. The molecule has 22 heavy (non-hydrogen) atoms. The smallest absolute Gasteiger partial charge is 0.232 e. The fourth-order valence-corrected chi connectivity index (χ4v) is 2.22. The van der Waals surface area contributed by atoms with Crippen molar-refractivity contribution in [3.05, 3.63) is 71.4 Å². The third kappa shape index (κ3) is 2.84. The molecule has 2 aromatic carbocycles. The van der Waals surface area contributed by atoms with E-state index in [2.05, 4.69) is 16.4 Å². The third-order valence-electron chi connectivity index (χ3n) is 3.40. The van der Waals surface area contributed by atoms with Crippen molar-refractivity contribution in [1.82, 2.24) is 4.98 Å². The maximum Gasteiger partial charge on any atom is 0.232 e. The average Bonchev–Trinajstić information content (AvgIpc) is 2.97. The van der Waals surface area contributed by atoms with Crippen LogP contribution in [0.5, 0.6) is 0 Å². The van der Waals surface area contributed by atoms with E-state index in [0.717, 1.165) is 16.7 Å². The van der Waals surface area contributed by atoms with Crippen molar-refractivity contribution in [3.8, 4) is 17.5 Å². The van der Waals surface area contributed by atoms with Gasteiger partial charge in [0, 0.05) is 12.1 Å². The maximum atomic E-state index is 9.23. The molecule has 1 aromatic heterocycles. The zero-order chi connectivity index (χ0) is 15.4. The van der Waals surface area contributed by atoms with Crippen LogP contribution in [-0.4, -0.2) is 4.98 Å². The van der Waals surface area contributed by atoms with Crippen molar-refractivity contribution in [3.63, 3.8) is 0 Å². The molecule has 0 radical (unpaired) electrons. The van der Waals surface area contributed by atoms with E-state index in [-0.39, 0.29) is 5.69 Å². The molecular weight excluding hydrogens is 274 g/mol. The quantitative estimate of drug-likeness (QED) is 0.784. The van der Waals surface area contributed by atoms with Crippen LogP contribution in [0.4, 0.5) is 5.88 Å². The highest BCUT2D eigenvalue weighted by Gasteiger charge is 2.15. The number of rotatable bonds is 4. The Morgan fingerprint density at radius 2 is 1.82 bits per heavy atom. The summed E-state index contributed by atoms with van der Waals surface area (Å²) in [7, 11) is 0. The minimum Gasteiger partial charge on any atom is -0.419 e. The number of aryl methyl sites for hydroxylation is 1. The van der Waals surface area contributed by atoms with E-state index < -0.39 is 0 Å². The minimum atomic E-state index is 0.272. The lowest BCUT2D eigenvalue weighted by molar-refractivity contribution is 0.584. The molecule has 4 nitrogen and oxygen atoms in total. The SMILES string of the molecule is Cc1ccccc1-c1nc(C#N)c(NCc2ccccc2)o1. The molecule has 0 aliphatic carbocycles. The van der Waals surface area contributed by atoms with Gasteiger partial charge in [0.1, 0.15) is 6.07 Å². The summed E-state index contributed by atoms with van der Waals surface area (Å²) in [6, 6.07) is 19.8. The van der Waals surface area contributed by atoms with Crippen LogP contribution in [0.3, 0.4) is 0 Å². The largest absolute Gasteiger partial charge is 0.419 e. The lowest BCUT2D eigenvalue weighted by atomic mass is 10.1. The highest BCUT2D eigenvalue weighted by Crippen LogP contribution is 2.27. The van der Waals surface area contributed by atoms with E-state index in [1.807, 2.05) is 61.5 Å². The van der Waals surface area contributed by atoms with Crippen LogP contribution in [0, 0.1) is 18.3 Å². The molecule has 0 saturated carbocycles. The van der Waals surface area contributed by atoms with Gasteiger partial charge in [-0.25, -0.2) is 0 Å². The van der Waals surface area contributed by atoms with E-state index in [4.69, 9.17) is 4.42 Å². The van der Waals surface area contributed by atoms with Crippen LogP contribution in [-0.2, 0) is 6.54 Å². The molecule has 108 valence electrons. The first kappa shape index (κ1) is 13.9. The van der Waals surface area contributed by atoms with Crippen LogP contribution < -0.4 is 5.32 Å². The number of hydrogen-bond donors (Lipinski definition) is 1. The van der Waals surface area contributed by atoms with Gasteiger partial charge in [0.25, 0.3) is 0 Å². The molecule has 1 heterocycles. The second-order valence-corrected chi connectivity index (χ2v) is 4.96. The summed E-state index contributed by atoms with van der Waals surface area (Å²) in [5.74, 6) is 0.870. The van der Waals surface area contributed by atoms with E-state index in [0.29, 0.717) is 18.3 Å². The van der Waals surface area contributed by atoms with Crippen molar-refractivity contribution in [2.24, 2.45) is 0 Å². The molecule has 3 aromatic rings. The second kappa shape index (κ2) is 6.15. The zero-order valence-corrected chi connectivity index (χ0v) is 12.2. The van der Waals surface area contributed by atoms with Gasteiger partial charge in [-0.3, -0.25) is 0 Å². The van der Waals surface area contributed by atoms with Gasteiger partial charge in [0.2, 0.25) is 17.5 Å². The molecule has 1 N–H and O–H groups in total. The van der Waals surface area contributed by atoms with Crippen molar-refractivity contribution >= 4 is 5.88 Å². The molecule has 0 aliphatic heterocycles. The molecule has 0 spiro atoms. The Kier molecular flexibility index (Phi) is 3.88. The monoisotopic (exact) mass is 289 g/mol. The molecule has 0 bridgehead atoms. The molecule has 0 saturated heterocycles. The van der Waals surface area contributed by atoms with Gasteiger partial charge in [-0.05, 0) is 24.1 Å². The topological polar surface area (TPSA) is 61.9 Å². The first-order valence-corrected chi connectivity index (χ1v) is 7.02. The first-order valence-electron chi connectivity index (χ1n) is 7.02. The predicted octanol–water partition coefficient (Wildman–Crippen LogP) is 4.13. The summed E-state index contributed by atoms with van der Waals surface area (Å²) in [6.07, 6.45) is 0. The lowest BCUT2D eigenvalue weighted by Gasteiger charge is -2.03. The number of oxazole rings is 1. The minimum absolute atomic E-state index is 0.272. The van der Waals surface area contributed by atoms with E-state index >= 15 is 0 Å². The van der Waals surface area contributed by atoms with Crippen LogP contribution in [0.15, 0.2) is 59.0 Å². The van der Waals surface area contributed by atoms with Gasteiger partial charge < -0.3 is 9.73 Å². The average molecular weight is 289 g/mol. The van der Waals surface area contributed by atoms with Gasteiger partial charge >= 0.3 is 0 Å². The van der Waals surface area contributed by atoms with Gasteiger partial charge in [-0.15, -0.1) is 0 Å². The van der Waals surface area contributed by atoms with E-state index in [1.165, 1.54) is 0 Å². The highest BCUT2D eigenvalue weighted by atomic mass is 16.4. The Balaban J connectivity index is 1.86. The summed E-state index contributed by atoms with van der Waals surface area (Å²) in [5.41, 5.74) is 3.34. The summed E-state index contributed by atoms with van der Waals surface area (Å²) < 4.78 is 5.75. The molecular formula is C18H15N3O. The number of nitriles is 1. The Hall–Kier alpha value is -3.06. The number of aromatic nitrogens is 1. The summed E-state index contributed by atoms with van der Waals surface area (Å²) in [6.45, 7) is 2.57. The molecule has 0 aliphatic rings. The Bertz CT molecular complexity index is 816. The van der Waals surface area contributed by atoms with E-state index in [9.17, 15) is 5.26 Å². The summed E-state index contributed by atoms with van der Waals surface area (Å²) >= 11 is 0. The molecule has 0 atom stereocenters. The van der Waals surface area contributed by atoms with Crippen LogP contribution in [0.25, 0.3) is 11.5 Å². The summed E-state index contributed by atoms with van der Waals surface area (Å²) in [4.78, 5) is 4.28. The first-order chi connectivity index (χ1) is 10.8. The number of anilines is 1. The Labute approximate surface area is 129 Å². The summed E-state index contributed by atoms with van der Waals surface area (Å²) in [5, 5.41) is 12.4. The van der Waals surface area contributed by atoms with Crippen LogP contribution in [0.2, 0.25) is 0 Å². The Morgan fingerprint density at radius 1 is 1.09 bits per heavy atom. The predicted molar refractivity (Wildman–Crippen MR) is 85.2 cm³/mol. The van der Waals surface area contributed by atoms with Gasteiger partial charge in [0.05, 0.1) is 0 Å². The maximum absolute atomic E-state index is 9.23. The number of nitrogens with one attached hydrogen (secondary N) is 1. The highest BCUT2D eigenvalue weighted by molar-refractivity contribution is 5.62. The van der Waals surface area contributed by atoms with Crippen molar-refractivity contribution in [2.45, 2.75) is 13.5 Å². The van der Waals surface area contributed by atoms with Crippen LogP contribution >= 0.6 is 0 Å².